The van der Waals surface area contributed by atoms with Crippen molar-refractivity contribution in [1.82, 2.24) is 5.32 Å². The van der Waals surface area contributed by atoms with Crippen molar-refractivity contribution in [1.29, 1.82) is 0 Å². The van der Waals surface area contributed by atoms with Gasteiger partial charge in [0, 0.05) is 13.1 Å². The van der Waals surface area contributed by atoms with Gasteiger partial charge in [0.2, 0.25) is 0 Å². The quantitative estimate of drug-likeness (QED) is 0.630. The molecule has 14 heavy (non-hydrogen) atoms. The number of β-amino-alcohol motifs (C(OH)–C–C–N with tert-alkyl or cyclic N) is 1. The Morgan fingerprint density at radius 3 is 2.57 bits per heavy atom. The van der Waals surface area contributed by atoms with Crippen molar-refractivity contribution in [3.8, 4) is 11.5 Å². The van der Waals surface area contributed by atoms with Gasteiger partial charge in [-0.25, -0.2) is 0 Å². The van der Waals surface area contributed by atoms with Crippen molar-refractivity contribution < 1.29 is 14.9 Å². The molecule has 4 heteroatoms. The Bertz CT molecular complexity index is 347. The van der Waals surface area contributed by atoms with Crippen LogP contribution < -0.4 is 10.1 Å². The molecule has 4 nitrogen and oxygen atoms in total. The third kappa shape index (κ3) is 1.32. The van der Waals surface area contributed by atoms with E-state index in [-0.39, 0.29) is 5.75 Å². The number of hydrogen-bond donors (Lipinski definition) is 3. The molecule has 0 aliphatic carbocycles. The molecule has 1 aromatic rings. The fraction of sp³-hybridized carbons (Fsp3) is 0.400. The highest BCUT2D eigenvalue weighted by molar-refractivity contribution is 5.44. The Labute approximate surface area is 82.1 Å². The first-order chi connectivity index (χ1) is 6.65. The zero-order valence-electron chi connectivity index (χ0n) is 7.95. The summed E-state index contributed by atoms with van der Waals surface area (Å²) in [6, 6.07) is 4.96. The maximum atomic E-state index is 9.95. The van der Waals surface area contributed by atoms with Gasteiger partial charge in [-0.1, -0.05) is 6.07 Å². The Kier molecular flexibility index (Phi) is 2.09. The Morgan fingerprint density at radius 2 is 2.14 bits per heavy atom. The molecular formula is C10H13NO3. The molecule has 1 fully saturated rings. The molecule has 0 unspecified atom stereocenters. The predicted molar refractivity (Wildman–Crippen MR) is 51.4 cm³/mol. The monoisotopic (exact) mass is 195 g/mol. The van der Waals surface area contributed by atoms with E-state index in [1.165, 1.54) is 7.11 Å². The Balaban J connectivity index is 2.32. The maximum Gasteiger partial charge on any atom is 0.160 e. The van der Waals surface area contributed by atoms with E-state index in [1.54, 1.807) is 18.2 Å². The lowest BCUT2D eigenvalue weighted by molar-refractivity contribution is -0.0148. The molecule has 0 radical (unpaired) electrons. The first kappa shape index (κ1) is 9.30. The fourth-order valence-electron chi connectivity index (χ4n) is 1.55. The van der Waals surface area contributed by atoms with E-state index in [2.05, 4.69) is 5.32 Å². The van der Waals surface area contributed by atoms with Gasteiger partial charge in [-0.3, -0.25) is 0 Å². The third-order valence-electron chi connectivity index (χ3n) is 2.55. The molecule has 0 aromatic heterocycles. The van der Waals surface area contributed by atoms with E-state index in [0.29, 0.717) is 18.8 Å². The molecule has 76 valence electrons. The van der Waals surface area contributed by atoms with Crippen molar-refractivity contribution in [2.75, 3.05) is 20.2 Å². The smallest absolute Gasteiger partial charge is 0.160 e. The highest BCUT2D eigenvalue weighted by Gasteiger charge is 2.36. The average molecular weight is 195 g/mol. The summed E-state index contributed by atoms with van der Waals surface area (Å²) in [4.78, 5) is 0. The summed E-state index contributed by atoms with van der Waals surface area (Å²) < 4.78 is 4.92. The minimum absolute atomic E-state index is 0.0605. The largest absolute Gasteiger partial charge is 0.504 e. The van der Waals surface area contributed by atoms with Gasteiger partial charge >= 0.3 is 0 Å². The van der Waals surface area contributed by atoms with Crippen molar-refractivity contribution in [3.05, 3.63) is 23.8 Å². The molecule has 0 bridgehead atoms. The van der Waals surface area contributed by atoms with E-state index in [9.17, 15) is 10.2 Å². The number of aliphatic hydroxyl groups is 1. The standard InChI is InChI=1S/C10H13NO3/c1-14-9-3-2-7(4-8(9)12)10(13)5-11-6-10/h2-4,11-13H,5-6H2,1H3. The van der Waals surface area contributed by atoms with Gasteiger partial charge < -0.3 is 20.3 Å². The second-order valence-electron chi connectivity index (χ2n) is 3.52. The number of ether oxygens (including phenoxy) is 1. The number of rotatable bonds is 2. The van der Waals surface area contributed by atoms with Gasteiger partial charge in [-0.15, -0.1) is 0 Å². The van der Waals surface area contributed by atoms with Crippen LogP contribution in [0.2, 0.25) is 0 Å². The zero-order valence-corrected chi connectivity index (χ0v) is 7.95. The minimum Gasteiger partial charge on any atom is -0.504 e. The number of aromatic hydroxyl groups is 1. The lowest BCUT2D eigenvalue weighted by Gasteiger charge is -2.38. The predicted octanol–water partition coefficient (Wildman–Crippen LogP) is 0.192. The number of hydrogen-bond acceptors (Lipinski definition) is 4. The molecule has 1 heterocycles. The first-order valence-corrected chi connectivity index (χ1v) is 4.46. The SMILES string of the molecule is COc1ccc(C2(O)CNC2)cc1O. The van der Waals surface area contributed by atoms with E-state index in [1.807, 2.05) is 0 Å². The van der Waals surface area contributed by atoms with Crippen LogP contribution >= 0.6 is 0 Å². The summed E-state index contributed by atoms with van der Waals surface area (Å²) in [5.41, 5.74) is -0.112. The van der Waals surface area contributed by atoms with Crippen molar-refractivity contribution >= 4 is 0 Å². The molecule has 1 aliphatic heterocycles. The summed E-state index contributed by atoms with van der Waals surface area (Å²) in [6.45, 7) is 1.05. The van der Waals surface area contributed by atoms with E-state index < -0.39 is 5.60 Å². The van der Waals surface area contributed by atoms with Crippen LogP contribution in [0.3, 0.4) is 0 Å². The van der Waals surface area contributed by atoms with Crippen LogP contribution in [0.25, 0.3) is 0 Å². The van der Waals surface area contributed by atoms with Crippen LogP contribution in [0.5, 0.6) is 11.5 Å². The Morgan fingerprint density at radius 1 is 1.43 bits per heavy atom. The summed E-state index contributed by atoms with van der Waals surface area (Å²) in [7, 11) is 1.49. The fourth-order valence-corrected chi connectivity index (χ4v) is 1.55. The van der Waals surface area contributed by atoms with Gasteiger partial charge in [0.15, 0.2) is 11.5 Å². The van der Waals surface area contributed by atoms with Gasteiger partial charge in [-0.2, -0.15) is 0 Å². The lowest BCUT2D eigenvalue weighted by atomic mass is 9.88. The second kappa shape index (κ2) is 3.15. The van der Waals surface area contributed by atoms with Gasteiger partial charge in [0.05, 0.1) is 7.11 Å². The number of methoxy groups -OCH3 is 1. The van der Waals surface area contributed by atoms with E-state index in [0.717, 1.165) is 5.56 Å². The third-order valence-corrected chi connectivity index (χ3v) is 2.55. The molecule has 1 aliphatic rings. The maximum absolute atomic E-state index is 9.95. The molecule has 0 amide bonds. The topological polar surface area (TPSA) is 61.7 Å². The summed E-state index contributed by atoms with van der Waals surface area (Å²) >= 11 is 0. The second-order valence-corrected chi connectivity index (χ2v) is 3.52. The van der Waals surface area contributed by atoms with E-state index in [4.69, 9.17) is 4.74 Å². The van der Waals surface area contributed by atoms with Crippen molar-refractivity contribution in [2.45, 2.75) is 5.60 Å². The molecule has 1 saturated heterocycles. The Hall–Kier alpha value is -1.26. The van der Waals surface area contributed by atoms with E-state index >= 15 is 0 Å². The van der Waals surface area contributed by atoms with Crippen LogP contribution in [-0.2, 0) is 5.60 Å². The highest BCUT2D eigenvalue weighted by Crippen LogP contribution is 2.32. The van der Waals surface area contributed by atoms with Gasteiger partial charge in [0.1, 0.15) is 5.60 Å². The lowest BCUT2D eigenvalue weighted by Crippen LogP contribution is -2.56. The van der Waals surface area contributed by atoms with Crippen LogP contribution in [0.4, 0.5) is 0 Å². The molecular weight excluding hydrogens is 182 g/mol. The molecule has 0 spiro atoms. The van der Waals surface area contributed by atoms with Crippen LogP contribution in [0.1, 0.15) is 5.56 Å². The normalized spacial score (nSPS) is 18.7. The minimum atomic E-state index is -0.830. The zero-order chi connectivity index (χ0) is 10.2. The number of phenols is 1. The van der Waals surface area contributed by atoms with Crippen molar-refractivity contribution in [3.63, 3.8) is 0 Å². The summed E-state index contributed by atoms with van der Waals surface area (Å²) in [6.07, 6.45) is 0. The molecule has 0 saturated carbocycles. The molecule has 1 aromatic carbocycles. The first-order valence-electron chi connectivity index (χ1n) is 4.46. The number of benzene rings is 1. The number of phenolic OH excluding ortho intramolecular Hbond substituents is 1. The molecule has 0 atom stereocenters. The van der Waals surface area contributed by atoms with Crippen LogP contribution in [0, 0.1) is 0 Å². The van der Waals surface area contributed by atoms with Crippen LogP contribution in [0.15, 0.2) is 18.2 Å². The summed E-state index contributed by atoms with van der Waals surface area (Å²) in [5.74, 6) is 0.481. The summed E-state index contributed by atoms with van der Waals surface area (Å²) in [5, 5.41) is 22.5. The van der Waals surface area contributed by atoms with Gasteiger partial charge in [-0.05, 0) is 17.7 Å². The van der Waals surface area contributed by atoms with Crippen molar-refractivity contribution in [2.24, 2.45) is 0 Å². The number of nitrogens with one attached hydrogen (secondary N) is 1. The van der Waals surface area contributed by atoms with Gasteiger partial charge in [0.25, 0.3) is 0 Å². The highest BCUT2D eigenvalue weighted by atomic mass is 16.5. The van der Waals surface area contributed by atoms with Crippen LogP contribution in [-0.4, -0.2) is 30.4 Å². The molecule has 3 N–H and O–H groups in total. The average Bonchev–Trinajstić information content (AvgIpc) is 2.14. The molecule has 2 rings (SSSR count).